The molecule has 0 radical (unpaired) electrons. The van der Waals surface area contributed by atoms with Gasteiger partial charge < -0.3 is 10.7 Å². The largest absolute Gasteiger partial charge is 0.347 e. The Bertz CT molecular complexity index is 894. The third-order valence-corrected chi connectivity index (χ3v) is 3.80. The predicted octanol–water partition coefficient (Wildman–Crippen LogP) is 3.90. The van der Waals surface area contributed by atoms with E-state index in [4.69, 9.17) is 5.41 Å². The van der Waals surface area contributed by atoms with Gasteiger partial charge in [-0.1, -0.05) is 0 Å². The molecule has 3 rings (SSSR count). The van der Waals surface area contributed by atoms with Crippen molar-refractivity contribution in [2.45, 2.75) is 13.8 Å². The van der Waals surface area contributed by atoms with E-state index in [9.17, 15) is 4.39 Å². The first-order valence-electron chi connectivity index (χ1n) is 7.55. The van der Waals surface area contributed by atoms with Gasteiger partial charge >= 0.3 is 0 Å². The van der Waals surface area contributed by atoms with Gasteiger partial charge in [-0.05, 0) is 61.4 Å². The number of aryl methyl sites for hydroxylation is 2. The van der Waals surface area contributed by atoms with E-state index in [0.717, 1.165) is 28.1 Å². The summed E-state index contributed by atoms with van der Waals surface area (Å²) in [6.07, 6.45) is 8.11. The van der Waals surface area contributed by atoms with E-state index in [1.54, 1.807) is 25.4 Å². The van der Waals surface area contributed by atoms with Crippen molar-refractivity contribution in [3.8, 4) is 11.3 Å². The molecule has 2 aromatic rings. The van der Waals surface area contributed by atoms with Crippen LogP contribution in [0.4, 0.5) is 4.39 Å². The standard InChI is InChI=1S/C19H17FN4/c1-12-11-16(20)13(2)10-15(12)19-14(4-3-8-23-19)17-6-9-22-18(24-17)5-7-21/h3-11,21-22H,1-2H3/b18-5+,21-7?. The van der Waals surface area contributed by atoms with Crippen LogP contribution in [-0.2, 0) is 0 Å². The summed E-state index contributed by atoms with van der Waals surface area (Å²) in [5.41, 5.74) is 4.66. The minimum absolute atomic E-state index is 0.218. The minimum atomic E-state index is -0.218. The summed E-state index contributed by atoms with van der Waals surface area (Å²) in [5.74, 6) is 0.369. The minimum Gasteiger partial charge on any atom is -0.347 e. The van der Waals surface area contributed by atoms with Crippen LogP contribution >= 0.6 is 0 Å². The number of hydrogen-bond donors (Lipinski definition) is 2. The van der Waals surface area contributed by atoms with Crippen LogP contribution in [0.1, 0.15) is 16.7 Å². The van der Waals surface area contributed by atoms with Gasteiger partial charge in [0.2, 0.25) is 0 Å². The lowest BCUT2D eigenvalue weighted by Gasteiger charge is -2.15. The van der Waals surface area contributed by atoms with Crippen molar-refractivity contribution in [2.75, 3.05) is 0 Å². The molecule has 120 valence electrons. The molecule has 0 saturated heterocycles. The first-order chi connectivity index (χ1) is 11.6. The number of allylic oxidation sites excluding steroid dienone is 2. The Hall–Kier alpha value is -3.08. The number of benzene rings is 1. The summed E-state index contributed by atoms with van der Waals surface area (Å²) in [4.78, 5) is 9.02. The second-order valence-corrected chi connectivity index (χ2v) is 5.51. The summed E-state index contributed by atoms with van der Waals surface area (Å²) in [6, 6.07) is 7.14. The summed E-state index contributed by atoms with van der Waals surface area (Å²) in [7, 11) is 0. The van der Waals surface area contributed by atoms with E-state index in [1.165, 1.54) is 12.3 Å². The summed E-state index contributed by atoms with van der Waals surface area (Å²) >= 11 is 0. The normalized spacial score (nSPS) is 15.1. The highest BCUT2D eigenvalue weighted by Gasteiger charge is 2.15. The van der Waals surface area contributed by atoms with Crippen LogP contribution in [0.2, 0.25) is 0 Å². The number of nitrogens with zero attached hydrogens (tertiary/aromatic N) is 2. The Morgan fingerprint density at radius 3 is 2.79 bits per heavy atom. The van der Waals surface area contributed by atoms with Gasteiger partial charge in [0.25, 0.3) is 0 Å². The molecule has 1 aliphatic heterocycles. The molecular weight excluding hydrogens is 303 g/mol. The number of rotatable bonds is 3. The molecule has 5 heteroatoms. The molecule has 24 heavy (non-hydrogen) atoms. The molecule has 1 aromatic heterocycles. The third kappa shape index (κ3) is 3.01. The fourth-order valence-corrected chi connectivity index (χ4v) is 2.58. The molecule has 0 saturated carbocycles. The Morgan fingerprint density at radius 2 is 2.00 bits per heavy atom. The van der Waals surface area contributed by atoms with Gasteiger partial charge in [-0.3, -0.25) is 4.98 Å². The zero-order valence-electron chi connectivity index (χ0n) is 13.5. The number of halogens is 1. The number of pyridine rings is 1. The van der Waals surface area contributed by atoms with E-state index >= 15 is 0 Å². The molecule has 0 bridgehead atoms. The van der Waals surface area contributed by atoms with Gasteiger partial charge in [-0.15, -0.1) is 0 Å². The van der Waals surface area contributed by atoms with Crippen molar-refractivity contribution in [2.24, 2.45) is 4.99 Å². The zero-order valence-corrected chi connectivity index (χ0v) is 13.5. The van der Waals surface area contributed by atoms with Gasteiger partial charge in [0.05, 0.1) is 11.4 Å². The fraction of sp³-hybridized carbons (Fsp3) is 0.105. The topological polar surface area (TPSA) is 61.1 Å². The summed E-state index contributed by atoms with van der Waals surface area (Å²) in [5, 5.41) is 10.2. The molecule has 2 heterocycles. The number of aliphatic imine (C=N–C) groups is 1. The van der Waals surface area contributed by atoms with Crippen molar-refractivity contribution in [3.05, 3.63) is 77.1 Å². The fourth-order valence-electron chi connectivity index (χ4n) is 2.58. The molecule has 1 aliphatic rings. The highest BCUT2D eigenvalue weighted by molar-refractivity contribution is 6.13. The van der Waals surface area contributed by atoms with Crippen molar-refractivity contribution < 1.29 is 4.39 Å². The highest BCUT2D eigenvalue weighted by atomic mass is 19.1. The Morgan fingerprint density at radius 1 is 1.17 bits per heavy atom. The summed E-state index contributed by atoms with van der Waals surface area (Å²) in [6.45, 7) is 3.62. The van der Waals surface area contributed by atoms with Crippen LogP contribution in [0.5, 0.6) is 0 Å². The maximum absolute atomic E-state index is 13.8. The monoisotopic (exact) mass is 320 g/mol. The van der Waals surface area contributed by atoms with Crippen LogP contribution in [0, 0.1) is 25.1 Å². The predicted molar refractivity (Wildman–Crippen MR) is 94.8 cm³/mol. The van der Waals surface area contributed by atoms with E-state index in [-0.39, 0.29) is 5.82 Å². The smallest absolute Gasteiger partial charge is 0.132 e. The average Bonchev–Trinajstić information content (AvgIpc) is 2.59. The van der Waals surface area contributed by atoms with E-state index in [1.807, 2.05) is 31.2 Å². The lowest BCUT2D eigenvalue weighted by molar-refractivity contribution is 0.617. The molecule has 0 unspecified atom stereocenters. The number of hydrogen-bond acceptors (Lipinski definition) is 4. The SMILES string of the molecule is Cc1cc(-c2ncccc2C2=N/C(=C/C=N)NC=C2)c(C)cc1F. The van der Waals surface area contributed by atoms with Gasteiger partial charge in [-0.2, -0.15) is 0 Å². The van der Waals surface area contributed by atoms with E-state index < -0.39 is 0 Å². The van der Waals surface area contributed by atoms with Crippen LogP contribution in [0.15, 0.2) is 59.6 Å². The Kier molecular flexibility index (Phi) is 4.33. The lowest BCUT2D eigenvalue weighted by Crippen LogP contribution is -2.14. The highest BCUT2D eigenvalue weighted by Crippen LogP contribution is 2.28. The van der Waals surface area contributed by atoms with Crippen molar-refractivity contribution >= 4 is 11.9 Å². The molecule has 0 atom stereocenters. The van der Waals surface area contributed by atoms with Gasteiger partial charge in [0.15, 0.2) is 0 Å². The van der Waals surface area contributed by atoms with Crippen LogP contribution in [-0.4, -0.2) is 16.9 Å². The van der Waals surface area contributed by atoms with E-state index in [2.05, 4.69) is 15.3 Å². The molecule has 0 aliphatic carbocycles. The molecule has 0 amide bonds. The Balaban J connectivity index is 2.17. The lowest BCUT2D eigenvalue weighted by atomic mass is 9.96. The number of nitrogens with one attached hydrogen (secondary N) is 2. The summed E-state index contributed by atoms with van der Waals surface area (Å²) < 4.78 is 13.8. The quantitative estimate of drug-likeness (QED) is 0.843. The second-order valence-electron chi connectivity index (χ2n) is 5.51. The van der Waals surface area contributed by atoms with Crippen molar-refractivity contribution in [3.63, 3.8) is 0 Å². The van der Waals surface area contributed by atoms with Gasteiger partial charge in [0, 0.05) is 29.7 Å². The van der Waals surface area contributed by atoms with Crippen LogP contribution in [0.3, 0.4) is 0 Å². The molecule has 4 nitrogen and oxygen atoms in total. The maximum atomic E-state index is 13.8. The second kappa shape index (κ2) is 6.58. The first-order valence-corrected chi connectivity index (χ1v) is 7.55. The van der Waals surface area contributed by atoms with Crippen molar-refractivity contribution in [1.29, 1.82) is 5.41 Å². The average molecular weight is 320 g/mol. The third-order valence-electron chi connectivity index (χ3n) is 3.80. The molecule has 0 fully saturated rings. The maximum Gasteiger partial charge on any atom is 0.132 e. The molecular formula is C19H17FN4. The molecule has 0 spiro atoms. The van der Waals surface area contributed by atoms with Gasteiger partial charge in [0.1, 0.15) is 11.6 Å². The van der Waals surface area contributed by atoms with Crippen molar-refractivity contribution in [1.82, 2.24) is 10.3 Å². The van der Waals surface area contributed by atoms with Crippen LogP contribution in [0.25, 0.3) is 11.3 Å². The molecule has 2 N–H and O–H groups in total. The number of aromatic nitrogens is 1. The van der Waals surface area contributed by atoms with E-state index in [0.29, 0.717) is 11.4 Å². The van der Waals surface area contributed by atoms with Crippen LogP contribution < -0.4 is 5.32 Å². The van der Waals surface area contributed by atoms with Gasteiger partial charge in [-0.25, -0.2) is 9.38 Å². The first kappa shape index (κ1) is 15.8. The zero-order chi connectivity index (χ0) is 17.1. The molecule has 1 aromatic carbocycles. The Labute approximate surface area is 140 Å².